The third kappa shape index (κ3) is 2.30. The third-order valence-electron chi connectivity index (χ3n) is 4.26. The predicted octanol–water partition coefficient (Wildman–Crippen LogP) is 3.42. The Bertz CT molecular complexity index is 710. The Kier molecular flexibility index (Phi) is 3.43. The lowest BCUT2D eigenvalue weighted by atomic mass is 9.88. The van der Waals surface area contributed by atoms with E-state index in [1.54, 1.807) is 29.1 Å². The molecule has 1 aromatic carbocycles. The SMILES string of the molecule is Cc1nccn1-c1ccc(C2(N=C=O)CCCC2)cc1F. The summed E-state index contributed by atoms with van der Waals surface area (Å²) in [5.74, 6) is 0.393. The van der Waals surface area contributed by atoms with Gasteiger partial charge < -0.3 is 4.57 Å². The lowest BCUT2D eigenvalue weighted by Gasteiger charge is -2.23. The number of rotatable bonds is 3. The first kappa shape index (κ1) is 13.7. The van der Waals surface area contributed by atoms with Crippen LogP contribution in [0.2, 0.25) is 0 Å². The van der Waals surface area contributed by atoms with Crippen molar-refractivity contribution in [2.75, 3.05) is 0 Å². The van der Waals surface area contributed by atoms with Crippen LogP contribution in [0.25, 0.3) is 5.69 Å². The van der Waals surface area contributed by atoms with Gasteiger partial charge in [-0.15, -0.1) is 0 Å². The number of halogens is 1. The van der Waals surface area contributed by atoms with Crippen molar-refractivity contribution < 1.29 is 9.18 Å². The quantitative estimate of drug-likeness (QED) is 0.640. The van der Waals surface area contributed by atoms with Crippen LogP contribution < -0.4 is 0 Å². The summed E-state index contributed by atoms with van der Waals surface area (Å²) in [6.45, 7) is 1.82. The van der Waals surface area contributed by atoms with Gasteiger partial charge in [0.05, 0.1) is 11.2 Å². The number of carbonyl (C=O) groups excluding carboxylic acids is 1. The first-order chi connectivity index (χ1) is 10.2. The number of hydrogen-bond donors (Lipinski definition) is 0. The van der Waals surface area contributed by atoms with Gasteiger partial charge in [0.2, 0.25) is 6.08 Å². The summed E-state index contributed by atoms with van der Waals surface area (Å²) in [7, 11) is 0. The van der Waals surface area contributed by atoms with Gasteiger partial charge >= 0.3 is 0 Å². The number of isocyanates is 1. The molecule has 0 N–H and O–H groups in total. The molecule has 0 spiro atoms. The van der Waals surface area contributed by atoms with Crippen LogP contribution >= 0.6 is 0 Å². The van der Waals surface area contributed by atoms with Crippen LogP contribution in [0, 0.1) is 12.7 Å². The largest absolute Gasteiger partial charge is 0.301 e. The zero-order valence-corrected chi connectivity index (χ0v) is 11.8. The molecule has 0 unspecified atom stereocenters. The van der Waals surface area contributed by atoms with Crippen molar-refractivity contribution >= 4 is 6.08 Å². The number of nitrogens with zero attached hydrogens (tertiary/aromatic N) is 3. The Morgan fingerprint density at radius 2 is 2.14 bits per heavy atom. The molecule has 3 rings (SSSR count). The molecule has 0 atom stereocenters. The van der Waals surface area contributed by atoms with E-state index in [2.05, 4.69) is 9.98 Å². The summed E-state index contributed by atoms with van der Waals surface area (Å²) < 4.78 is 16.2. The van der Waals surface area contributed by atoms with Crippen molar-refractivity contribution in [3.05, 3.63) is 47.8 Å². The Hall–Kier alpha value is -2.26. The fraction of sp³-hybridized carbons (Fsp3) is 0.375. The van der Waals surface area contributed by atoms with Crippen molar-refractivity contribution in [3.63, 3.8) is 0 Å². The van der Waals surface area contributed by atoms with E-state index in [-0.39, 0.29) is 5.82 Å². The molecule has 1 fully saturated rings. The molecule has 0 saturated heterocycles. The molecule has 2 aromatic rings. The van der Waals surface area contributed by atoms with E-state index in [1.807, 2.05) is 13.0 Å². The number of hydrogen-bond acceptors (Lipinski definition) is 3. The average Bonchev–Trinajstić information content (AvgIpc) is 3.09. The molecule has 1 heterocycles. The summed E-state index contributed by atoms with van der Waals surface area (Å²) >= 11 is 0. The normalized spacial score (nSPS) is 16.7. The van der Waals surface area contributed by atoms with Gasteiger partial charge in [0.1, 0.15) is 11.6 Å². The van der Waals surface area contributed by atoms with Gasteiger partial charge in [0.25, 0.3) is 0 Å². The van der Waals surface area contributed by atoms with E-state index in [0.717, 1.165) is 37.1 Å². The Balaban J connectivity index is 2.05. The van der Waals surface area contributed by atoms with E-state index in [1.165, 1.54) is 6.07 Å². The minimum Gasteiger partial charge on any atom is -0.301 e. The fourth-order valence-corrected chi connectivity index (χ4v) is 3.14. The van der Waals surface area contributed by atoms with E-state index >= 15 is 0 Å². The maximum absolute atomic E-state index is 14.5. The number of aryl methyl sites for hydroxylation is 1. The molecular formula is C16H16FN3O. The maximum atomic E-state index is 14.5. The molecule has 108 valence electrons. The molecule has 0 radical (unpaired) electrons. The Morgan fingerprint density at radius 3 is 2.71 bits per heavy atom. The van der Waals surface area contributed by atoms with Crippen molar-refractivity contribution in [1.29, 1.82) is 0 Å². The van der Waals surface area contributed by atoms with Crippen molar-refractivity contribution in [1.82, 2.24) is 9.55 Å². The van der Waals surface area contributed by atoms with Gasteiger partial charge in [0, 0.05) is 12.4 Å². The molecule has 1 aromatic heterocycles. The maximum Gasteiger partial charge on any atom is 0.235 e. The molecule has 1 aliphatic carbocycles. The second-order valence-corrected chi connectivity index (χ2v) is 5.45. The second-order valence-electron chi connectivity index (χ2n) is 5.45. The second kappa shape index (κ2) is 5.26. The fourth-order valence-electron chi connectivity index (χ4n) is 3.14. The van der Waals surface area contributed by atoms with Crippen LogP contribution in [0.1, 0.15) is 37.1 Å². The molecule has 0 aliphatic heterocycles. The monoisotopic (exact) mass is 285 g/mol. The lowest BCUT2D eigenvalue weighted by molar-refractivity contribution is 0.452. The highest BCUT2D eigenvalue weighted by molar-refractivity contribution is 5.43. The highest BCUT2D eigenvalue weighted by atomic mass is 19.1. The van der Waals surface area contributed by atoms with Crippen LogP contribution in [0.15, 0.2) is 35.6 Å². The summed E-state index contributed by atoms with van der Waals surface area (Å²) in [5.41, 5.74) is 0.616. The smallest absolute Gasteiger partial charge is 0.235 e. The highest BCUT2D eigenvalue weighted by Crippen LogP contribution is 2.42. The van der Waals surface area contributed by atoms with Crippen molar-refractivity contribution in [2.24, 2.45) is 4.99 Å². The van der Waals surface area contributed by atoms with Gasteiger partial charge in [-0.05, 0) is 37.5 Å². The molecule has 0 bridgehead atoms. The van der Waals surface area contributed by atoms with Crippen LogP contribution in [0.3, 0.4) is 0 Å². The number of imidazole rings is 1. The Morgan fingerprint density at radius 1 is 1.38 bits per heavy atom. The van der Waals surface area contributed by atoms with Crippen LogP contribution in [-0.2, 0) is 10.3 Å². The van der Waals surface area contributed by atoms with Gasteiger partial charge in [-0.2, -0.15) is 4.99 Å². The number of aromatic nitrogens is 2. The summed E-state index contributed by atoms with van der Waals surface area (Å²) in [6, 6.07) is 5.06. The number of aliphatic imine (C=N–C) groups is 1. The number of benzene rings is 1. The van der Waals surface area contributed by atoms with E-state index in [9.17, 15) is 9.18 Å². The lowest BCUT2D eigenvalue weighted by Crippen LogP contribution is -2.19. The van der Waals surface area contributed by atoms with Crippen molar-refractivity contribution in [2.45, 2.75) is 38.1 Å². The molecule has 5 heteroatoms. The summed E-state index contributed by atoms with van der Waals surface area (Å²) in [5, 5.41) is 0. The summed E-state index contributed by atoms with van der Waals surface area (Å²) in [4.78, 5) is 18.8. The Labute approximate surface area is 122 Å². The first-order valence-electron chi connectivity index (χ1n) is 7.06. The van der Waals surface area contributed by atoms with E-state index in [0.29, 0.717) is 5.69 Å². The standard InChI is InChI=1S/C16H16FN3O/c1-12-18-8-9-20(12)15-5-4-13(10-14(15)17)16(19-11-21)6-2-3-7-16/h4-5,8-10H,2-3,6-7H2,1H3. The summed E-state index contributed by atoms with van der Waals surface area (Å²) in [6.07, 6.45) is 8.55. The van der Waals surface area contributed by atoms with Gasteiger partial charge in [-0.1, -0.05) is 18.9 Å². The minimum atomic E-state index is -0.592. The molecule has 21 heavy (non-hydrogen) atoms. The van der Waals surface area contributed by atoms with E-state index < -0.39 is 5.54 Å². The van der Waals surface area contributed by atoms with Gasteiger partial charge in [-0.25, -0.2) is 14.2 Å². The predicted molar refractivity (Wildman–Crippen MR) is 76.5 cm³/mol. The molecule has 1 aliphatic rings. The van der Waals surface area contributed by atoms with Crippen LogP contribution in [0.4, 0.5) is 4.39 Å². The molecule has 0 amide bonds. The molecule has 4 nitrogen and oxygen atoms in total. The first-order valence-corrected chi connectivity index (χ1v) is 7.06. The average molecular weight is 285 g/mol. The van der Waals surface area contributed by atoms with Gasteiger partial charge in [-0.3, -0.25) is 0 Å². The topological polar surface area (TPSA) is 47.2 Å². The van der Waals surface area contributed by atoms with Crippen LogP contribution in [0.5, 0.6) is 0 Å². The zero-order chi connectivity index (χ0) is 14.9. The van der Waals surface area contributed by atoms with Crippen molar-refractivity contribution in [3.8, 4) is 5.69 Å². The molecule has 1 saturated carbocycles. The van der Waals surface area contributed by atoms with Crippen LogP contribution in [-0.4, -0.2) is 15.6 Å². The third-order valence-corrected chi connectivity index (χ3v) is 4.26. The minimum absolute atomic E-state index is 0.332. The zero-order valence-electron chi connectivity index (χ0n) is 11.8. The molecular weight excluding hydrogens is 269 g/mol. The van der Waals surface area contributed by atoms with E-state index in [4.69, 9.17) is 0 Å². The highest BCUT2D eigenvalue weighted by Gasteiger charge is 2.36. The van der Waals surface area contributed by atoms with Gasteiger partial charge in [0.15, 0.2) is 0 Å².